The van der Waals surface area contributed by atoms with Crippen molar-refractivity contribution in [3.63, 3.8) is 0 Å². The number of piperidine rings is 1. The van der Waals surface area contributed by atoms with E-state index in [2.05, 4.69) is 31.0 Å². The van der Waals surface area contributed by atoms with E-state index in [1.807, 2.05) is 4.90 Å². The van der Waals surface area contributed by atoms with Crippen molar-refractivity contribution in [2.75, 3.05) is 56.4 Å². The summed E-state index contributed by atoms with van der Waals surface area (Å²) in [6.07, 6.45) is 0.513. The molecule has 2 fully saturated rings. The summed E-state index contributed by atoms with van der Waals surface area (Å²) in [7, 11) is 1.40. The monoisotopic (exact) mass is 755 g/mol. The molecule has 4 aromatic rings. The maximum Gasteiger partial charge on any atom is 0.435 e. The molecule has 6 rings (SSSR count). The summed E-state index contributed by atoms with van der Waals surface area (Å²) < 4.78 is 44.7. The van der Waals surface area contributed by atoms with Gasteiger partial charge < -0.3 is 36.1 Å². The van der Waals surface area contributed by atoms with Gasteiger partial charge in [0.05, 0.1) is 39.9 Å². The van der Waals surface area contributed by atoms with Gasteiger partial charge in [0.25, 0.3) is 11.8 Å². The quantitative estimate of drug-likeness (QED) is 0.189. The molecule has 0 bridgehead atoms. The van der Waals surface area contributed by atoms with Crippen LogP contribution in [0.15, 0.2) is 48.9 Å². The number of imidazole rings is 1. The summed E-state index contributed by atoms with van der Waals surface area (Å²) in [5, 5.41) is 12.7. The number of hydrogen-bond donors (Lipinski definition) is 4. The minimum Gasteiger partial charge on any atom is -0.383 e. The van der Waals surface area contributed by atoms with Gasteiger partial charge in [-0.05, 0) is 56.3 Å². The Morgan fingerprint density at radius 2 is 1.68 bits per heavy atom. The van der Waals surface area contributed by atoms with E-state index in [0.29, 0.717) is 31.9 Å². The lowest BCUT2D eigenvalue weighted by molar-refractivity contribution is -0.141. The standard InChI is InChI=1S/C34H37ClF3N11O4/c1-46-26(24-19-49(45-29(24)34(36,37)38)28-5-3-22(17-42-28)41-11-8-27(39)50)18-43-30(46)31(51)44-21-2-4-23(25(35)16-21)33(53)48-14-12-47(13-15-48)32(52)20-6-9-40-10-7-20/h2-5,16-20,40-41H,6-15H2,1H3,(H2,39,50)(H,44,51). The number of carbonyl (C=O) groups is 4. The molecule has 3 aromatic heterocycles. The molecule has 0 spiro atoms. The number of alkyl halides is 3. The van der Waals surface area contributed by atoms with Crippen LogP contribution in [0, 0.1) is 5.92 Å². The van der Waals surface area contributed by atoms with Crippen molar-refractivity contribution in [3.05, 3.63) is 71.0 Å². The fourth-order valence-corrected chi connectivity index (χ4v) is 6.56. The number of aromatic nitrogens is 5. The number of nitrogens with one attached hydrogen (secondary N) is 3. The Hall–Kier alpha value is -5.49. The van der Waals surface area contributed by atoms with Crippen LogP contribution in [0.1, 0.15) is 45.9 Å². The number of benzene rings is 1. The SMILES string of the molecule is Cn1c(-c2cn(-c3ccc(NCCC(N)=O)cn3)nc2C(F)(F)F)cnc1C(=O)Nc1ccc(C(=O)N2CCN(C(=O)C3CCNCC3)CC2)c(Cl)c1. The molecule has 0 radical (unpaired) electrons. The van der Waals surface area contributed by atoms with Gasteiger partial charge in [0.1, 0.15) is 0 Å². The van der Waals surface area contributed by atoms with Gasteiger partial charge in [-0.15, -0.1) is 0 Å². The first-order valence-electron chi connectivity index (χ1n) is 16.9. The normalized spacial score (nSPS) is 15.3. The molecule has 2 saturated heterocycles. The van der Waals surface area contributed by atoms with Crippen molar-refractivity contribution in [2.24, 2.45) is 18.7 Å². The molecule has 280 valence electrons. The van der Waals surface area contributed by atoms with Gasteiger partial charge in [-0.2, -0.15) is 18.3 Å². The van der Waals surface area contributed by atoms with Crippen molar-refractivity contribution >= 4 is 46.6 Å². The Morgan fingerprint density at radius 3 is 2.32 bits per heavy atom. The number of nitrogens with two attached hydrogens (primary N) is 1. The van der Waals surface area contributed by atoms with E-state index in [1.165, 1.54) is 42.1 Å². The Balaban J connectivity index is 1.12. The van der Waals surface area contributed by atoms with Crippen LogP contribution in [0.4, 0.5) is 24.5 Å². The maximum absolute atomic E-state index is 14.2. The molecule has 15 nitrogen and oxygen atoms in total. The topological polar surface area (TPSA) is 185 Å². The third-order valence-electron chi connectivity index (χ3n) is 9.16. The van der Waals surface area contributed by atoms with Crippen LogP contribution >= 0.6 is 11.6 Å². The van der Waals surface area contributed by atoms with Crippen LogP contribution in [0.3, 0.4) is 0 Å². The Kier molecular flexibility index (Phi) is 11.0. The van der Waals surface area contributed by atoms with E-state index >= 15 is 0 Å². The minimum atomic E-state index is -4.85. The van der Waals surface area contributed by atoms with Gasteiger partial charge in [-0.25, -0.2) is 14.6 Å². The second kappa shape index (κ2) is 15.6. The van der Waals surface area contributed by atoms with Gasteiger partial charge >= 0.3 is 6.18 Å². The molecule has 2 aliphatic rings. The molecule has 53 heavy (non-hydrogen) atoms. The van der Waals surface area contributed by atoms with Gasteiger partial charge in [-0.1, -0.05) is 11.6 Å². The molecular weight excluding hydrogens is 719 g/mol. The first-order chi connectivity index (χ1) is 25.3. The molecule has 0 saturated carbocycles. The summed E-state index contributed by atoms with van der Waals surface area (Å²) in [5.41, 5.74) is 4.55. The largest absolute Gasteiger partial charge is 0.435 e. The van der Waals surface area contributed by atoms with Gasteiger partial charge in [0.2, 0.25) is 11.8 Å². The van der Waals surface area contributed by atoms with Crippen LogP contribution < -0.4 is 21.7 Å². The van der Waals surface area contributed by atoms with Crippen molar-refractivity contribution in [1.29, 1.82) is 0 Å². The lowest BCUT2D eigenvalue weighted by atomic mass is 9.96. The van der Waals surface area contributed by atoms with Crippen molar-refractivity contribution in [1.82, 2.24) is 39.4 Å². The summed E-state index contributed by atoms with van der Waals surface area (Å²) in [5.74, 6) is -1.50. The van der Waals surface area contributed by atoms with Crippen molar-refractivity contribution in [3.8, 4) is 17.1 Å². The van der Waals surface area contributed by atoms with E-state index in [1.54, 1.807) is 11.0 Å². The van der Waals surface area contributed by atoms with Crippen LogP contribution in [-0.2, 0) is 22.8 Å². The van der Waals surface area contributed by atoms with E-state index < -0.39 is 23.7 Å². The fourth-order valence-electron chi connectivity index (χ4n) is 6.30. The zero-order valence-electron chi connectivity index (χ0n) is 28.6. The molecule has 4 amide bonds. The Labute approximate surface area is 306 Å². The zero-order chi connectivity index (χ0) is 37.9. The molecule has 0 atom stereocenters. The van der Waals surface area contributed by atoms with Crippen molar-refractivity contribution < 1.29 is 32.3 Å². The summed E-state index contributed by atoms with van der Waals surface area (Å²) in [6.45, 7) is 3.48. The highest BCUT2D eigenvalue weighted by molar-refractivity contribution is 6.34. The number of pyridine rings is 1. The predicted molar refractivity (Wildman–Crippen MR) is 188 cm³/mol. The van der Waals surface area contributed by atoms with Gasteiger partial charge in [0, 0.05) is 64.0 Å². The smallest absolute Gasteiger partial charge is 0.383 e. The lowest BCUT2D eigenvalue weighted by Crippen LogP contribution is -2.52. The number of carbonyl (C=O) groups excluding carboxylic acids is 4. The fraction of sp³-hybridized carbons (Fsp3) is 0.382. The maximum atomic E-state index is 14.2. The summed E-state index contributed by atoms with van der Waals surface area (Å²) in [6, 6.07) is 7.41. The van der Waals surface area contributed by atoms with E-state index in [9.17, 15) is 32.3 Å². The zero-order valence-corrected chi connectivity index (χ0v) is 29.4. The molecule has 0 aliphatic carbocycles. The van der Waals surface area contributed by atoms with Gasteiger partial charge in [-0.3, -0.25) is 19.2 Å². The Morgan fingerprint density at radius 1 is 0.981 bits per heavy atom. The average molecular weight is 756 g/mol. The highest BCUT2D eigenvalue weighted by Gasteiger charge is 2.39. The van der Waals surface area contributed by atoms with E-state index in [4.69, 9.17) is 17.3 Å². The molecule has 0 unspecified atom stereocenters. The Bertz CT molecular complexity index is 2000. The van der Waals surface area contributed by atoms with Crippen LogP contribution in [0.2, 0.25) is 5.02 Å². The second-order valence-corrected chi connectivity index (χ2v) is 13.1. The third-order valence-corrected chi connectivity index (χ3v) is 9.47. The molecule has 1 aromatic carbocycles. The molecular formula is C34H37ClF3N11O4. The van der Waals surface area contributed by atoms with Crippen LogP contribution in [-0.4, -0.2) is 104 Å². The third kappa shape index (κ3) is 8.44. The number of anilines is 2. The number of halogens is 4. The molecule has 19 heteroatoms. The number of nitrogens with zero attached hydrogens (tertiary/aromatic N) is 7. The molecule has 5 N–H and O–H groups in total. The van der Waals surface area contributed by atoms with E-state index in [0.717, 1.165) is 43.0 Å². The van der Waals surface area contributed by atoms with Crippen LogP contribution in [0.25, 0.3) is 17.1 Å². The van der Waals surface area contributed by atoms with Crippen molar-refractivity contribution in [2.45, 2.75) is 25.4 Å². The average Bonchev–Trinajstić information content (AvgIpc) is 3.76. The number of rotatable bonds is 10. The van der Waals surface area contributed by atoms with Crippen LogP contribution in [0.5, 0.6) is 0 Å². The number of primary amides is 1. The van der Waals surface area contributed by atoms with Gasteiger partial charge in [0.15, 0.2) is 17.3 Å². The first kappa shape index (κ1) is 37.3. The highest BCUT2D eigenvalue weighted by Crippen LogP contribution is 2.37. The second-order valence-electron chi connectivity index (χ2n) is 12.7. The number of amides is 4. The number of hydrogen-bond acceptors (Lipinski definition) is 9. The lowest BCUT2D eigenvalue weighted by Gasteiger charge is -2.37. The van der Waals surface area contributed by atoms with E-state index in [-0.39, 0.29) is 69.9 Å². The molecule has 2 aliphatic heterocycles. The first-order valence-corrected chi connectivity index (χ1v) is 17.2. The number of piperazine rings is 1. The highest BCUT2D eigenvalue weighted by atomic mass is 35.5. The molecule has 5 heterocycles. The predicted octanol–water partition coefficient (Wildman–Crippen LogP) is 3.16. The minimum absolute atomic E-state index is 0.00239. The summed E-state index contributed by atoms with van der Waals surface area (Å²) in [4.78, 5) is 62.2. The summed E-state index contributed by atoms with van der Waals surface area (Å²) >= 11 is 6.49.